The van der Waals surface area contributed by atoms with Gasteiger partial charge >= 0.3 is 0 Å². The van der Waals surface area contributed by atoms with Gasteiger partial charge < -0.3 is 11.1 Å². The average molecular weight is 316 g/mol. The number of hydrogen-bond acceptors (Lipinski definition) is 3. The summed E-state index contributed by atoms with van der Waals surface area (Å²) < 4.78 is 0. The van der Waals surface area contributed by atoms with E-state index in [1.165, 1.54) is 0 Å². The first kappa shape index (κ1) is 15.0. The molecule has 2 aromatic rings. The van der Waals surface area contributed by atoms with E-state index in [4.69, 9.17) is 17.3 Å². The summed E-state index contributed by atoms with van der Waals surface area (Å²) in [6.07, 6.45) is 3.63. The first-order valence-electron chi connectivity index (χ1n) is 7.37. The van der Waals surface area contributed by atoms with E-state index in [-0.39, 0.29) is 17.9 Å². The maximum Gasteiger partial charge on any atom is 0.228 e. The van der Waals surface area contributed by atoms with Gasteiger partial charge in [0.15, 0.2) is 0 Å². The van der Waals surface area contributed by atoms with Gasteiger partial charge in [-0.1, -0.05) is 23.7 Å². The van der Waals surface area contributed by atoms with Crippen LogP contribution in [0.1, 0.15) is 31.4 Å². The fraction of sp³-hybridized carbons (Fsp3) is 0.294. The second-order valence-electron chi connectivity index (χ2n) is 5.72. The Balaban J connectivity index is 1.85. The zero-order valence-corrected chi connectivity index (χ0v) is 13.1. The van der Waals surface area contributed by atoms with Gasteiger partial charge in [-0.25, -0.2) is 4.98 Å². The predicted octanol–water partition coefficient (Wildman–Crippen LogP) is 3.77. The van der Waals surface area contributed by atoms with Crippen molar-refractivity contribution in [3.8, 4) is 11.1 Å². The van der Waals surface area contributed by atoms with Crippen LogP contribution in [0.2, 0.25) is 5.02 Å². The van der Waals surface area contributed by atoms with Gasteiger partial charge in [0, 0.05) is 23.2 Å². The van der Waals surface area contributed by atoms with E-state index in [1.807, 2.05) is 37.3 Å². The van der Waals surface area contributed by atoms with Crippen LogP contribution in [0.4, 0.5) is 5.82 Å². The lowest BCUT2D eigenvalue weighted by molar-refractivity contribution is -0.117. The van der Waals surface area contributed by atoms with Crippen molar-refractivity contribution in [2.24, 2.45) is 11.7 Å². The van der Waals surface area contributed by atoms with Crippen molar-refractivity contribution in [2.45, 2.75) is 25.8 Å². The van der Waals surface area contributed by atoms with Crippen LogP contribution in [0, 0.1) is 5.92 Å². The topological polar surface area (TPSA) is 68.0 Å². The summed E-state index contributed by atoms with van der Waals surface area (Å²) in [7, 11) is 0. The van der Waals surface area contributed by atoms with Crippen LogP contribution in [0.15, 0.2) is 36.5 Å². The number of nitrogens with zero attached hydrogens (tertiary/aromatic N) is 1. The molecular formula is C17H18ClN3O. The molecule has 1 amide bonds. The molecule has 3 N–H and O–H groups in total. The van der Waals surface area contributed by atoms with Crippen LogP contribution in [0.3, 0.4) is 0 Å². The van der Waals surface area contributed by atoms with E-state index in [2.05, 4.69) is 10.3 Å². The number of halogens is 1. The number of benzene rings is 1. The summed E-state index contributed by atoms with van der Waals surface area (Å²) in [5.41, 5.74) is 8.72. The Kier molecular flexibility index (Phi) is 4.14. The molecule has 1 aromatic heterocycles. The summed E-state index contributed by atoms with van der Waals surface area (Å²) in [5, 5.41) is 3.50. The van der Waals surface area contributed by atoms with Gasteiger partial charge in [-0.15, -0.1) is 0 Å². The monoisotopic (exact) mass is 315 g/mol. The fourth-order valence-corrected chi connectivity index (χ4v) is 2.68. The molecule has 1 aliphatic carbocycles. The normalized spacial score (nSPS) is 15.4. The van der Waals surface area contributed by atoms with E-state index in [0.29, 0.717) is 10.8 Å². The zero-order chi connectivity index (χ0) is 15.7. The van der Waals surface area contributed by atoms with Crippen molar-refractivity contribution >= 4 is 23.3 Å². The van der Waals surface area contributed by atoms with Crippen molar-refractivity contribution in [3.63, 3.8) is 0 Å². The minimum absolute atomic E-state index is 0.0509. The number of nitrogens with two attached hydrogens (primary N) is 1. The highest BCUT2D eigenvalue weighted by molar-refractivity contribution is 6.31. The number of anilines is 1. The number of rotatable bonds is 4. The highest BCUT2D eigenvalue weighted by Crippen LogP contribution is 2.31. The molecule has 0 saturated heterocycles. The van der Waals surface area contributed by atoms with Crippen molar-refractivity contribution in [2.75, 3.05) is 5.32 Å². The molecule has 1 saturated carbocycles. The third-order valence-corrected chi connectivity index (χ3v) is 4.11. The molecule has 22 heavy (non-hydrogen) atoms. The van der Waals surface area contributed by atoms with Gasteiger partial charge in [-0.3, -0.25) is 4.79 Å². The smallest absolute Gasteiger partial charge is 0.228 e. The molecule has 1 heterocycles. The Labute approximate surface area is 134 Å². The van der Waals surface area contributed by atoms with Crippen LogP contribution >= 0.6 is 11.6 Å². The van der Waals surface area contributed by atoms with Crippen molar-refractivity contribution in [1.29, 1.82) is 0 Å². The Morgan fingerprint density at radius 3 is 2.68 bits per heavy atom. The lowest BCUT2D eigenvalue weighted by atomic mass is 10.0. The SMILES string of the molecule is C[C@@H](N)c1ccc(-c2ccnc(NC(=O)C3CC3)c2)cc1Cl. The predicted molar refractivity (Wildman–Crippen MR) is 88.6 cm³/mol. The molecule has 5 heteroatoms. The maximum atomic E-state index is 11.8. The Bertz CT molecular complexity index is 711. The Morgan fingerprint density at radius 1 is 1.32 bits per heavy atom. The molecule has 0 bridgehead atoms. The summed E-state index contributed by atoms with van der Waals surface area (Å²) >= 11 is 6.28. The number of carbonyl (C=O) groups excluding carboxylic acids is 1. The molecule has 4 nitrogen and oxygen atoms in total. The molecule has 1 fully saturated rings. The van der Waals surface area contributed by atoms with Crippen LogP contribution in [0.25, 0.3) is 11.1 Å². The molecule has 114 valence electrons. The second kappa shape index (κ2) is 6.07. The third kappa shape index (κ3) is 3.29. The van der Waals surface area contributed by atoms with Gasteiger partial charge in [-0.2, -0.15) is 0 Å². The lowest BCUT2D eigenvalue weighted by Crippen LogP contribution is -2.14. The minimum atomic E-state index is -0.104. The van der Waals surface area contributed by atoms with E-state index in [9.17, 15) is 4.79 Å². The first-order valence-corrected chi connectivity index (χ1v) is 7.74. The van der Waals surface area contributed by atoms with Crippen LogP contribution in [-0.2, 0) is 4.79 Å². The fourth-order valence-electron chi connectivity index (χ4n) is 2.33. The molecule has 0 aliphatic heterocycles. The number of carbonyl (C=O) groups is 1. The highest BCUT2D eigenvalue weighted by atomic mass is 35.5. The summed E-state index contributed by atoms with van der Waals surface area (Å²) in [5.74, 6) is 0.780. The summed E-state index contributed by atoms with van der Waals surface area (Å²) in [4.78, 5) is 16.0. The maximum absolute atomic E-state index is 11.8. The number of amides is 1. The molecule has 3 rings (SSSR count). The van der Waals surface area contributed by atoms with Gasteiger partial charge in [0.25, 0.3) is 0 Å². The van der Waals surface area contributed by atoms with Gasteiger partial charge in [0.2, 0.25) is 5.91 Å². The van der Waals surface area contributed by atoms with Crippen molar-refractivity contribution in [3.05, 3.63) is 47.1 Å². The molecule has 0 unspecified atom stereocenters. The molecule has 0 spiro atoms. The quantitative estimate of drug-likeness (QED) is 0.902. The van der Waals surface area contributed by atoms with E-state index < -0.39 is 0 Å². The van der Waals surface area contributed by atoms with Crippen molar-refractivity contribution in [1.82, 2.24) is 4.98 Å². The standard InChI is InChI=1S/C17H18ClN3O/c1-10(19)14-5-4-12(8-15(14)18)13-6-7-20-16(9-13)21-17(22)11-2-3-11/h4-11H,2-3,19H2,1H3,(H,20,21,22)/t10-/m1/s1. The number of hydrogen-bond donors (Lipinski definition) is 2. The first-order chi connectivity index (χ1) is 10.5. The van der Waals surface area contributed by atoms with E-state index in [0.717, 1.165) is 29.5 Å². The molecule has 1 atom stereocenters. The Morgan fingerprint density at radius 2 is 2.05 bits per heavy atom. The van der Waals surface area contributed by atoms with E-state index in [1.54, 1.807) is 6.20 Å². The molecule has 0 radical (unpaired) electrons. The highest BCUT2D eigenvalue weighted by Gasteiger charge is 2.29. The lowest BCUT2D eigenvalue weighted by Gasteiger charge is -2.11. The van der Waals surface area contributed by atoms with Gasteiger partial charge in [0.1, 0.15) is 5.82 Å². The van der Waals surface area contributed by atoms with Crippen LogP contribution in [0.5, 0.6) is 0 Å². The Hall–Kier alpha value is -1.91. The largest absolute Gasteiger partial charge is 0.324 e. The van der Waals surface area contributed by atoms with Crippen molar-refractivity contribution < 1.29 is 4.79 Å². The van der Waals surface area contributed by atoms with Crippen LogP contribution < -0.4 is 11.1 Å². The third-order valence-electron chi connectivity index (χ3n) is 3.78. The molecular weight excluding hydrogens is 298 g/mol. The summed E-state index contributed by atoms with van der Waals surface area (Å²) in [6.45, 7) is 1.90. The van der Waals surface area contributed by atoms with Crippen LogP contribution in [-0.4, -0.2) is 10.9 Å². The molecule has 1 aromatic carbocycles. The second-order valence-corrected chi connectivity index (χ2v) is 6.13. The summed E-state index contributed by atoms with van der Waals surface area (Å²) in [6, 6.07) is 9.45. The average Bonchev–Trinajstić information content (AvgIpc) is 3.31. The molecule has 1 aliphatic rings. The minimum Gasteiger partial charge on any atom is -0.324 e. The zero-order valence-electron chi connectivity index (χ0n) is 12.3. The van der Waals surface area contributed by atoms with E-state index >= 15 is 0 Å². The van der Waals surface area contributed by atoms with Gasteiger partial charge in [-0.05, 0) is 54.7 Å². The van der Waals surface area contributed by atoms with Gasteiger partial charge in [0.05, 0.1) is 0 Å². The number of pyridine rings is 1. The number of nitrogens with one attached hydrogen (secondary N) is 1. The number of aromatic nitrogens is 1.